The van der Waals surface area contributed by atoms with Crippen molar-refractivity contribution in [3.63, 3.8) is 0 Å². The van der Waals surface area contributed by atoms with Gasteiger partial charge in [0.2, 0.25) is 5.95 Å². The van der Waals surface area contributed by atoms with Gasteiger partial charge in [-0.2, -0.15) is 4.98 Å². The third-order valence-corrected chi connectivity index (χ3v) is 10.4. The molecule has 0 unspecified atom stereocenters. The molecule has 0 spiro atoms. The second kappa shape index (κ2) is 13.5. The molecular weight excluding hydrogens is 639 g/mol. The Balaban J connectivity index is 1.18. The molecule has 0 aliphatic carbocycles. The molecule has 0 atom stereocenters. The van der Waals surface area contributed by atoms with E-state index in [1.807, 2.05) is 12.3 Å². The van der Waals surface area contributed by atoms with Crippen molar-refractivity contribution in [3.8, 4) is 5.75 Å². The Morgan fingerprint density at radius 2 is 1.84 bits per heavy atom. The molecule has 10 nitrogen and oxygen atoms in total. The van der Waals surface area contributed by atoms with E-state index in [-0.39, 0.29) is 0 Å². The molecule has 232 valence electrons. The van der Waals surface area contributed by atoms with Gasteiger partial charge in [-0.15, -0.1) is 0 Å². The highest BCUT2D eigenvalue weighted by molar-refractivity contribution is 9.10. The van der Waals surface area contributed by atoms with Crippen LogP contribution in [0.25, 0.3) is 10.9 Å². The molecule has 2 fully saturated rings. The Bertz CT molecular complexity index is 1630. The standard InChI is InChI=1S/C32H40BrN8O2P/c1-6-43-22-17-41(18-22)21-9-11-40(12-10-21)28-14-29(42-3)27(13-20(28)2)38-32-35-16-24(33)31(39-32)37-26-8-7-25-23(15-34-19-36-25)30(26)44(4)5/h7-8,13-16,19,21-22H,6,9-12,17-18H2,1-5H3,(H2,35,37,38,39). The van der Waals surface area contributed by atoms with Gasteiger partial charge in [0.05, 0.1) is 28.9 Å². The number of anilines is 5. The number of rotatable bonds is 10. The maximum atomic E-state index is 5.86. The predicted molar refractivity (Wildman–Crippen MR) is 184 cm³/mol. The number of ether oxygens (including phenoxy) is 2. The van der Waals surface area contributed by atoms with Crippen LogP contribution in [-0.2, 0) is 4.74 Å². The van der Waals surface area contributed by atoms with Crippen LogP contribution in [0, 0.1) is 6.92 Å². The molecule has 2 aromatic carbocycles. The summed E-state index contributed by atoms with van der Waals surface area (Å²) in [4.78, 5) is 23.2. The fourth-order valence-corrected chi connectivity index (χ4v) is 7.81. The van der Waals surface area contributed by atoms with E-state index < -0.39 is 7.92 Å². The summed E-state index contributed by atoms with van der Waals surface area (Å²) in [5, 5.41) is 9.20. The Hall–Kier alpha value is -3.11. The van der Waals surface area contributed by atoms with Gasteiger partial charge in [-0.05, 0) is 79.7 Å². The highest BCUT2D eigenvalue weighted by Crippen LogP contribution is 2.38. The summed E-state index contributed by atoms with van der Waals surface area (Å²) in [7, 11) is 1.27. The molecule has 4 heterocycles. The summed E-state index contributed by atoms with van der Waals surface area (Å²) in [6.45, 7) is 13.7. The number of nitrogens with one attached hydrogen (secondary N) is 2. The number of aryl methyl sites for hydroxylation is 1. The molecule has 2 N–H and O–H groups in total. The van der Waals surface area contributed by atoms with Crippen molar-refractivity contribution in [2.24, 2.45) is 0 Å². The Labute approximate surface area is 268 Å². The summed E-state index contributed by atoms with van der Waals surface area (Å²) < 4.78 is 12.4. The molecule has 2 saturated heterocycles. The van der Waals surface area contributed by atoms with E-state index in [0.29, 0.717) is 23.9 Å². The molecule has 0 saturated carbocycles. The fourth-order valence-electron chi connectivity index (χ4n) is 6.25. The minimum Gasteiger partial charge on any atom is -0.494 e. The van der Waals surface area contributed by atoms with Gasteiger partial charge in [-0.25, -0.2) is 15.0 Å². The average molecular weight is 680 g/mol. The van der Waals surface area contributed by atoms with Crippen LogP contribution >= 0.6 is 23.9 Å². The number of nitrogens with zero attached hydrogens (tertiary/aromatic N) is 6. The Kier molecular flexibility index (Phi) is 9.47. The summed E-state index contributed by atoms with van der Waals surface area (Å²) in [6, 6.07) is 8.98. The van der Waals surface area contributed by atoms with Crippen molar-refractivity contribution in [1.29, 1.82) is 0 Å². The summed E-state index contributed by atoms with van der Waals surface area (Å²) in [5.74, 6) is 1.90. The first-order chi connectivity index (χ1) is 21.3. The number of benzene rings is 2. The van der Waals surface area contributed by atoms with Crippen LogP contribution in [0.15, 0.2) is 47.5 Å². The van der Waals surface area contributed by atoms with Gasteiger partial charge in [0.15, 0.2) is 0 Å². The SMILES string of the molecule is CCOC1CN(C2CCN(c3cc(OC)c(Nc4ncc(Br)c(Nc5ccc6ncncc6c5P(C)C)n4)cc3C)CC2)C1. The van der Waals surface area contributed by atoms with Crippen molar-refractivity contribution < 1.29 is 9.47 Å². The van der Waals surface area contributed by atoms with E-state index in [4.69, 9.17) is 14.5 Å². The molecular formula is C32H40BrN8O2P. The first kappa shape index (κ1) is 30.9. The van der Waals surface area contributed by atoms with Crippen LogP contribution in [0.1, 0.15) is 25.3 Å². The molecule has 6 rings (SSSR count). The topological polar surface area (TPSA) is 101 Å². The Morgan fingerprint density at radius 3 is 2.57 bits per heavy atom. The van der Waals surface area contributed by atoms with Gasteiger partial charge >= 0.3 is 0 Å². The molecule has 2 aliphatic heterocycles. The fraction of sp³-hybridized carbons (Fsp3) is 0.438. The molecule has 0 bridgehead atoms. The van der Waals surface area contributed by atoms with Gasteiger partial charge in [0.25, 0.3) is 0 Å². The van der Waals surface area contributed by atoms with Crippen molar-refractivity contribution in [2.45, 2.75) is 38.8 Å². The van der Waals surface area contributed by atoms with Crippen LogP contribution in [0.4, 0.5) is 28.8 Å². The largest absolute Gasteiger partial charge is 0.494 e. The van der Waals surface area contributed by atoms with Crippen LogP contribution in [0.2, 0.25) is 0 Å². The summed E-state index contributed by atoms with van der Waals surface area (Å²) in [6.07, 6.45) is 7.97. The predicted octanol–water partition coefficient (Wildman–Crippen LogP) is 6.04. The molecule has 2 aromatic heterocycles. The third kappa shape index (κ3) is 6.47. The number of halogens is 1. The molecule has 2 aliphatic rings. The van der Waals surface area contributed by atoms with Crippen LogP contribution in [-0.4, -0.2) is 90.2 Å². The van der Waals surface area contributed by atoms with Gasteiger partial charge in [-0.3, -0.25) is 4.90 Å². The zero-order valence-corrected chi connectivity index (χ0v) is 28.5. The first-order valence-electron chi connectivity index (χ1n) is 15.1. The zero-order chi connectivity index (χ0) is 30.8. The monoisotopic (exact) mass is 678 g/mol. The summed E-state index contributed by atoms with van der Waals surface area (Å²) in [5.41, 5.74) is 5.14. The van der Waals surface area contributed by atoms with E-state index in [0.717, 1.165) is 78.1 Å². The van der Waals surface area contributed by atoms with Crippen molar-refractivity contribution in [2.75, 3.05) is 68.8 Å². The molecule has 0 amide bonds. The quantitative estimate of drug-likeness (QED) is 0.193. The van der Waals surface area contributed by atoms with Gasteiger partial charge in [0.1, 0.15) is 17.9 Å². The van der Waals surface area contributed by atoms with Gasteiger partial charge in [0, 0.05) is 79.4 Å². The number of fused-ring (bicyclic) bond motifs is 1. The highest BCUT2D eigenvalue weighted by Gasteiger charge is 2.34. The third-order valence-electron chi connectivity index (χ3n) is 8.47. The number of aromatic nitrogens is 4. The zero-order valence-electron chi connectivity index (χ0n) is 26.0. The minimum atomic E-state index is -0.441. The summed E-state index contributed by atoms with van der Waals surface area (Å²) >= 11 is 3.64. The molecule has 44 heavy (non-hydrogen) atoms. The van der Waals surface area contributed by atoms with Gasteiger partial charge in [-0.1, -0.05) is 7.92 Å². The van der Waals surface area contributed by atoms with Crippen LogP contribution in [0.5, 0.6) is 5.75 Å². The maximum absolute atomic E-state index is 5.86. The number of likely N-dealkylation sites (tertiary alicyclic amines) is 1. The number of hydrogen-bond donors (Lipinski definition) is 2. The van der Waals surface area contributed by atoms with E-state index in [9.17, 15) is 0 Å². The highest BCUT2D eigenvalue weighted by atomic mass is 79.9. The second-order valence-electron chi connectivity index (χ2n) is 11.5. The second-order valence-corrected chi connectivity index (χ2v) is 14.6. The molecule has 4 aromatic rings. The van der Waals surface area contributed by atoms with Crippen molar-refractivity contribution >= 4 is 68.9 Å². The Morgan fingerprint density at radius 1 is 1.05 bits per heavy atom. The molecule has 12 heteroatoms. The first-order valence-corrected chi connectivity index (χ1v) is 18.1. The minimum absolute atomic E-state index is 0.415. The van der Waals surface area contributed by atoms with E-state index >= 15 is 0 Å². The van der Waals surface area contributed by atoms with Crippen LogP contribution in [0.3, 0.4) is 0 Å². The maximum Gasteiger partial charge on any atom is 0.229 e. The van der Waals surface area contributed by atoms with E-state index in [2.05, 4.69) is 96.7 Å². The average Bonchev–Trinajstić information content (AvgIpc) is 3.00. The van der Waals surface area contributed by atoms with E-state index in [1.165, 1.54) is 16.6 Å². The van der Waals surface area contributed by atoms with E-state index in [1.54, 1.807) is 19.6 Å². The van der Waals surface area contributed by atoms with Crippen molar-refractivity contribution in [1.82, 2.24) is 24.8 Å². The lowest BCUT2D eigenvalue weighted by molar-refractivity contribution is -0.0712. The normalized spacial score (nSPS) is 16.4. The van der Waals surface area contributed by atoms with Crippen molar-refractivity contribution in [3.05, 3.63) is 53.0 Å². The number of piperidine rings is 1. The number of hydrogen-bond acceptors (Lipinski definition) is 10. The number of methoxy groups -OCH3 is 1. The lowest BCUT2D eigenvalue weighted by Crippen LogP contribution is -2.58. The van der Waals surface area contributed by atoms with Crippen LogP contribution < -0.4 is 25.6 Å². The van der Waals surface area contributed by atoms with Gasteiger partial charge < -0.3 is 25.0 Å². The molecule has 0 radical (unpaired) electrons. The lowest BCUT2D eigenvalue weighted by Gasteiger charge is -2.47. The smallest absolute Gasteiger partial charge is 0.229 e. The lowest BCUT2D eigenvalue weighted by atomic mass is 9.97.